The van der Waals surface area contributed by atoms with Gasteiger partial charge in [-0.05, 0) is 44.7 Å². The molecule has 0 aromatic rings. The second-order valence-electron chi connectivity index (χ2n) is 4.98. The van der Waals surface area contributed by atoms with Crippen LogP contribution in [0.2, 0.25) is 0 Å². The summed E-state index contributed by atoms with van der Waals surface area (Å²) in [5.74, 6) is 1.06. The molecule has 2 fully saturated rings. The van der Waals surface area contributed by atoms with E-state index in [1.165, 1.54) is 51.6 Å². The first kappa shape index (κ1) is 10.4. The van der Waals surface area contributed by atoms with E-state index in [9.17, 15) is 0 Å². The molecule has 0 radical (unpaired) electrons. The largest absolute Gasteiger partial charge is 0.317 e. The van der Waals surface area contributed by atoms with Gasteiger partial charge >= 0.3 is 0 Å². The first-order valence-corrected chi connectivity index (χ1v) is 6.35. The van der Waals surface area contributed by atoms with Crippen molar-refractivity contribution >= 4 is 0 Å². The van der Waals surface area contributed by atoms with Crippen LogP contribution in [-0.2, 0) is 0 Å². The lowest BCUT2D eigenvalue weighted by atomic mass is 10.0. The molecule has 1 unspecified atom stereocenters. The lowest BCUT2D eigenvalue weighted by molar-refractivity contribution is 0.326. The van der Waals surface area contributed by atoms with Gasteiger partial charge in [0.05, 0.1) is 0 Å². The van der Waals surface area contributed by atoms with Crippen molar-refractivity contribution < 1.29 is 0 Å². The van der Waals surface area contributed by atoms with Crippen LogP contribution in [0.25, 0.3) is 0 Å². The Bertz CT molecular complexity index is 160. The zero-order chi connectivity index (χ0) is 9.80. The van der Waals surface area contributed by atoms with Crippen molar-refractivity contribution in [1.29, 1.82) is 0 Å². The Hall–Kier alpha value is -0.0800. The molecule has 0 amide bonds. The van der Waals surface area contributed by atoms with Crippen molar-refractivity contribution in [1.82, 2.24) is 10.6 Å². The van der Waals surface area contributed by atoms with Crippen molar-refractivity contribution in [2.45, 2.75) is 57.5 Å². The van der Waals surface area contributed by atoms with Crippen LogP contribution in [0.3, 0.4) is 0 Å². The molecule has 0 aromatic carbocycles. The van der Waals surface area contributed by atoms with Gasteiger partial charge in [0.2, 0.25) is 0 Å². The van der Waals surface area contributed by atoms with Gasteiger partial charge in [-0.3, -0.25) is 0 Å². The standard InChI is InChI=1S/C12H24N2/c1-2-11(9-10-3-4-10)14-12-5-7-13-8-6-12/h10-14H,2-9H2,1H3. The summed E-state index contributed by atoms with van der Waals surface area (Å²) in [6.07, 6.45) is 8.36. The average molecular weight is 196 g/mol. The fraction of sp³-hybridized carbons (Fsp3) is 1.00. The molecular formula is C12H24N2. The normalized spacial score (nSPS) is 26.4. The molecule has 1 aliphatic heterocycles. The van der Waals surface area contributed by atoms with E-state index in [-0.39, 0.29) is 0 Å². The molecule has 82 valence electrons. The van der Waals surface area contributed by atoms with Crippen LogP contribution in [0.5, 0.6) is 0 Å². The van der Waals surface area contributed by atoms with Crippen LogP contribution in [0.1, 0.15) is 45.4 Å². The zero-order valence-electron chi connectivity index (χ0n) is 9.39. The summed E-state index contributed by atoms with van der Waals surface area (Å²) in [6.45, 7) is 4.73. The smallest absolute Gasteiger partial charge is 0.00938 e. The molecule has 1 atom stereocenters. The van der Waals surface area contributed by atoms with E-state index < -0.39 is 0 Å². The van der Waals surface area contributed by atoms with Crippen LogP contribution < -0.4 is 10.6 Å². The van der Waals surface area contributed by atoms with Crippen LogP contribution in [0.15, 0.2) is 0 Å². The predicted molar refractivity (Wildman–Crippen MR) is 60.4 cm³/mol. The number of hydrogen-bond donors (Lipinski definition) is 2. The van der Waals surface area contributed by atoms with Crippen molar-refractivity contribution in [3.63, 3.8) is 0 Å². The number of rotatable bonds is 5. The van der Waals surface area contributed by atoms with Crippen molar-refractivity contribution in [3.05, 3.63) is 0 Å². The van der Waals surface area contributed by atoms with Gasteiger partial charge < -0.3 is 10.6 Å². The van der Waals surface area contributed by atoms with Crippen molar-refractivity contribution in [3.8, 4) is 0 Å². The van der Waals surface area contributed by atoms with Crippen LogP contribution >= 0.6 is 0 Å². The summed E-state index contributed by atoms with van der Waals surface area (Å²) in [5.41, 5.74) is 0. The summed E-state index contributed by atoms with van der Waals surface area (Å²) < 4.78 is 0. The minimum atomic E-state index is 0.792. The van der Waals surface area contributed by atoms with Crippen LogP contribution in [0, 0.1) is 5.92 Å². The third-order valence-electron chi connectivity index (χ3n) is 3.62. The maximum Gasteiger partial charge on any atom is 0.00938 e. The van der Waals surface area contributed by atoms with Crippen molar-refractivity contribution in [2.24, 2.45) is 5.92 Å². The monoisotopic (exact) mass is 196 g/mol. The molecule has 14 heavy (non-hydrogen) atoms. The Morgan fingerprint density at radius 3 is 2.50 bits per heavy atom. The first-order valence-electron chi connectivity index (χ1n) is 6.35. The number of piperidine rings is 1. The maximum atomic E-state index is 3.84. The molecule has 0 bridgehead atoms. The van der Waals surface area contributed by atoms with E-state index >= 15 is 0 Å². The molecule has 0 aromatic heterocycles. The minimum Gasteiger partial charge on any atom is -0.317 e. The van der Waals surface area contributed by atoms with Gasteiger partial charge in [0.15, 0.2) is 0 Å². The van der Waals surface area contributed by atoms with Gasteiger partial charge in [0.25, 0.3) is 0 Å². The molecular weight excluding hydrogens is 172 g/mol. The summed E-state index contributed by atoms with van der Waals surface area (Å²) in [7, 11) is 0. The summed E-state index contributed by atoms with van der Waals surface area (Å²) in [5, 5.41) is 7.26. The Labute approximate surface area is 87.8 Å². The van der Waals surface area contributed by atoms with E-state index in [1.54, 1.807) is 0 Å². The quantitative estimate of drug-likeness (QED) is 0.702. The van der Waals surface area contributed by atoms with E-state index in [1.807, 2.05) is 0 Å². The van der Waals surface area contributed by atoms with E-state index in [4.69, 9.17) is 0 Å². The summed E-state index contributed by atoms with van der Waals surface area (Å²) >= 11 is 0. The van der Waals surface area contributed by atoms with Gasteiger partial charge in [-0.15, -0.1) is 0 Å². The molecule has 2 aliphatic rings. The van der Waals surface area contributed by atoms with Gasteiger partial charge in [-0.2, -0.15) is 0 Å². The summed E-state index contributed by atoms with van der Waals surface area (Å²) in [4.78, 5) is 0. The highest BCUT2D eigenvalue weighted by Gasteiger charge is 2.26. The highest BCUT2D eigenvalue weighted by atomic mass is 15.0. The topological polar surface area (TPSA) is 24.1 Å². The maximum absolute atomic E-state index is 3.84. The highest BCUT2D eigenvalue weighted by Crippen LogP contribution is 2.34. The molecule has 1 saturated carbocycles. The van der Waals surface area contributed by atoms with E-state index in [0.29, 0.717) is 0 Å². The average Bonchev–Trinajstić information content (AvgIpc) is 3.02. The summed E-state index contributed by atoms with van der Waals surface area (Å²) in [6, 6.07) is 1.59. The molecule has 2 heteroatoms. The predicted octanol–water partition coefficient (Wildman–Crippen LogP) is 1.91. The number of hydrogen-bond acceptors (Lipinski definition) is 2. The second-order valence-corrected chi connectivity index (χ2v) is 4.98. The van der Waals surface area contributed by atoms with Gasteiger partial charge in [0, 0.05) is 12.1 Å². The molecule has 2 nitrogen and oxygen atoms in total. The molecule has 1 saturated heterocycles. The zero-order valence-corrected chi connectivity index (χ0v) is 9.39. The van der Waals surface area contributed by atoms with Crippen LogP contribution in [-0.4, -0.2) is 25.2 Å². The Morgan fingerprint density at radius 1 is 1.21 bits per heavy atom. The Morgan fingerprint density at radius 2 is 1.93 bits per heavy atom. The third-order valence-corrected chi connectivity index (χ3v) is 3.62. The fourth-order valence-corrected chi connectivity index (χ4v) is 2.43. The van der Waals surface area contributed by atoms with E-state index in [0.717, 1.165) is 18.0 Å². The SMILES string of the molecule is CCC(CC1CC1)NC1CCNCC1. The molecule has 1 heterocycles. The highest BCUT2D eigenvalue weighted by molar-refractivity contribution is 4.83. The van der Waals surface area contributed by atoms with Gasteiger partial charge in [-0.1, -0.05) is 19.8 Å². The first-order chi connectivity index (χ1) is 6.88. The van der Waals surface area contributed by atoms with Crippen LogP contribution in [0.4, 0.5) is 0 Å². The van der Waals surface area contributed by atoms with E-state index in [2.05, 4.69) is 17.6 Å². The molecule has 2 N–H and O–H groups in total. The Kier molecular flexibility index (Phi) is 3.82. The third kappa shape index (κ3) is 3.25. The molecule has 0 spiro atoms. The fourth-order valence-electron chi connectivity index (χ4n) is 2.43. The second kappa shape index (κ2) is 5.13. The van der Waals surface area contributed by atoms with Crippen molar-refractivity contribution in [2.75, 3.05) is 13.1 Å². The molecule has 2 rings (SSSR count). The lowest BCUT2D eigenvalue weighted by Gasteiger charge is -2.28. The molecule has 1 aliphatic carbocycles. The Balaban J connectivity index is 1.68. The number of nitrogens with one attached hydrogen (secondary N) is 2. The minimum absolute atomic E-state index is 0.792. The lowest BCUT2D eigenvalue weighted by Crippen LogP contribution is -2.44. The van der Waals surface area contributed by atoms with Gasteiger partial charge in [-0.25, -0.2) is 0 Å². The van der Waals surface area contributed by atoms with Gasteiger partial charge in [0.1, 0.15) is 0 Å².